The molecule has 116 valence electrons. The molecule has 1 aliphatic rings. The lowest BCUT2D eigenvalue weighted by molar-refractivity contribution is -0.141. The molecule has 1 fully saturated rings. The molecule has 0 saturated carbocycles. The van der Waals surface area contributed by atoms with Crippen LogP contribution in [0.15, 0.2) is 15.8 Å². The molecule has 0 aliphatic carbocycles. The van der Waals surface area contributed by atoms with Crippen LogP contribution < -0.4 is 11.2 Å². The van der Waals surface area contributed by atoms with Gasteiger partial charge in [-0.1, -0.05) is 0 Å². The highest BCUT2D eigenvalue weighted by Crippen LogP contribution is 2.39. The number of aliphatic hydroxyl groups excluding tert-OH is 2. The number of hydrogen-bond donors (Lipinski definition) is 3. The van der Waals surface area contributed by atoms with E-state index < -0.39 is 41.7 Å². The highest BCUT2D eigenvalue weighted by Gasteiger charge is 2.55. The number of hydrogen-bond acceptors (Lipinski definition) is 6. The third kappa shape index (κ3) is 2.35. The fourth-order valence-corrected chi connectivity index (χ4v) is 2.85. The van der Waals surface area contributed by atoms with Crippen LogP contribution in [0, 0.1) is 12.8 Å². The molecule has 0 radical (unpaired) electrons. The van der Waals surface area contributed by atoms with Crippen molar-refractivity contribution in [2.24, 2.45) is 5.92 Å². The topological polar surface area (TPSA) is 122 Å². The Morgan fingerprint density at radius 1 is 1.52 bits per heavy atom. The minimum Gasteiger partial charge on any atom is -0.394 e. The number of Topliss-reactive ketones (excluding diaryl/α,β-unsaturated/α-hetero) is 1. The standard InChI is InChI=1S/C13H18N2O6/c1-6-4-15(12(20)14-11(6)19)13(3)9(7(2)17)10(18)8(5-16)21-13/h4,8-10,16,18H,5H2,1-3H3,(H,14,19,20)/t8-,9?,10-,13-/m1/s1. The minimum absolute atomic E-state index is 0.267. The minimum atomic E-state index is -1.48. The maximum absolute atomic E-state index is 12.0. The number of aliphatic hydroxyl groups is 2. The van der Waals surface area contributed by atoms with Crippen molar-refractivity contribution in [2.45, 2.75) is 38.7 Å². The molecule has 21 heavy (non-hydrogen) atoms. The van der Waals surface area contributed by atoms with Gasteiger partial charge in [-0.15, -0.1) is 0 Å². The van der Waals surface area contributed by atoms with Gasteiger partial charge in [0.1, 0.15) is 11.9 Å². The van der Waals surface area contributed by atoms with Gasteiger partial charge in [0.2, 0.25) is 0 Å². The third-order valence-electron chi connectivity index (χ3n) is 3.91. The van der Waals surface area contributed by atoms with Gasteiger partial charge >= 0.3 is 5.69 Å². The van der Waals surface area contributed by atoms with Crippen molar-refractivity contribution >= 4 is 5.78 Å². The smallest absolute Gasteiger partial charge is 0.330 e. The average molecular weight is 298 g/mol. The molecule has 0 aromatic carbocycles. The molecule has 8 heteroatoms. The van der Waals surface area contributed by atoms with Crippen molar-refractivity contribution in [2.75, 3.05) is 6.61 Å². The van der Waals surface area contributed by atoms with Gasteiger partial charge in [0.25, 0.3) is 5.56 Å². The Morgan fingerprint density at radius 3 is 2.67 bits per heavy atom. The number of rotatable bonds is 3. The van der Waals surface area contributed by atoms with Gasteiger partial charge in [-0.2, -0.15) is 0 Å². The second kappa shape index (κ2) is 5.21. The maximum Gasteiger partial charge on any atom is 0.330 e. The molecule has 1 unspecified atom stereocenters. The van der Waals surface area contributed by atoms with Gasteiger partial charge in [0, 0.05) is 11.8 Å². The van der Waals surface area contributed by atoms with Gasteiger partial charge in [-0.05, 0) is 20.8 Å². The molecule has 1 aliphatic heterocycles. The van der Waals surface area contributed by atoms with Crippen molar-refractivity contribution < 1.29 is 19.7 Å². The summed E-state index contributed by atoms with van der Waals surface area (Å²) in [7, 11) is 0. The first-order chi connectivity index (χ1) is 9.72. The van der Waals surface area contributed by atoms with Crippen molar-refractivity contribution in [1.29, 1.82) is 0 Å². The van der Waals surface area contributed by atoms with E-state index in [1.54, 1.807) is 0 Å². The summed E-state index contributed by atoms with van der Waals surface area (Å²) in [5.41, 5.74) is -2.49. The van der Waals surface area contributed by atoms with Crippen molar-refractivity contribution in [3.05, 3.63) is 32.6 Å². The van der Waals surface area contributed by atoms with Crippen LogP contribution in [0.2, 0.25) is 0 Å². The molecule has 1 aromatic rings. The summed E-state index contributed by atoms with van der Waals surface area (Å²) in [6.07, 6.45) is -0.941. The average Bonchev–Trinajstić information content (AvgIpc) is 2.65. The summed E-state index contributed by atoms with van der Waals surface area (Å²) >= 11 is 0. The van der Waals surface area contributed by atoms with Gasteiger partial charge in [0.05, 0.1) is 18.6 Å². The number of carbonyl (C=O) groups is 1. The molecule has 4 atom stereocenters. The third-order valence-corrected chi connectivity index (χ3v) is 3.91. The lowest BCUT2D eigenvalue weighted by atomic mass is 9.88. The van der Waals surface area contributed by atoms with E-state index in [4.69, 9.17) is 4.74 Å². The Labute approximate surface area is 120 Å². The Morgan fingerprint density at radius 2 is 2.14 bits per heavy atom. The fourth-order valence-electron chi connectivity index (χ4n) is 2.85. The van der Waals surface area contributed by atoms with Gasteiger partial charge < -0.3 is 14.9 Å². The number of ketones is 1. The molecule has 0 spiro atoms. The normalized spacial score (nSPS) is 32.3. The summed E-state index contributed by atoms with van der Waals surface area (Å²) in [4.78, 5) is 37.5. The fraction of sp³-hybridized carbons (Fsp3) is 0.615. The van der Waals surface area contributed by atoms with Crippen LogP contribution >= 0.6 is 0 Å². The van der Waals surface area contributed by atoms with Gasteiger partial charge in [-0.25, -0.2) is 4.79 Å². The lowest BCUT2D eigenvalue weighted by Crippen LogP contribution is -2.49. The second-order valence-electron chi connectivity index (χ2n) is 5.41. The molecular weight excluding hydrogens is 280 g/mol. The number of nitrogens with one attached hydrogen (secondary N) is 1. The highest BCUT2D eigenvalue weighted by atomic mass is 16.6. The van der Waals surface area contributed by atoms with Crippen molar-refractivity contribution in [3.63, 3.8) is 0 Å². The predicted octanol–water partition coefficient (Wildman–Crippen LogP) is -1.53. The monoisotopic (exact) mass is 298 g/mol. The summed E-state index contributed by atoms with van der Waals surface area (Å²) in [6.45, 7) is 3.77. The first kappa shape index (κ1) is 15.6. The van der Waals surface area contributed by atoms with E-state index in [1.165, 1.54) is 27.0 Å². The van der Waals surface area contributed by atoms with Crippen LogP contribution in [0.25, 0.3) is 0 Å². The molecule has 3 N–H and O–H groups in total. The van der Waals surface area contributed by atoms with Crippen molar-refractivity contribution in [1.82, 2.24) is 9.55 Å². The van der Waals surface area contributed by atoms with Crippen LogP contribution in [-0.4, -0.2) is 44.4 Å². The zero-order chi connectivity index (χ0) is 15.9. The number of carbonyl (C=O) groups excluding carboxylic acids is 1. The zero-order valence-electron chi connectivity index (χ0n) is 12.0. The summed E-state index contributed by atoms with van der Waals surface area (Å²) in [6, 6.07) is 0. The van der Waals surface area contributed by atoms with E-state index in [9.17, 15) is 24.6 Å². The number of H-pyrrole nitrogens is 1. The van der Waals surface area contributed by atoms with Crippen LogP contribution in [0.4, 0.5) is 0 Å². The summed E-state index contributed by atoms with van der Waals surface area (Å²) in [5.74, 6) is -1.41. The zero-order valence-corrected chi connectivity index (χ0v) is 12.0. The molecule has 0 bridgehead atoms. The molecule has 1 aromatic heterocycles. The number of aryl methyl sites for hydroxylation is 1. The number of ether oxygens (including phenoxy) is 1. The Kier molecular flexibility index (Phi) is 3.87. The molecule has 0 amide bonds. The number of aromatic nitrogens is 2. The largest absolute Gasteiger partial charge is 0.394 e. The van der Waals surface area contributed by atoms with Crippen LogP contribution in [0.1, 0.15) is 19.4 Å². The Bertz CT molecular complexity index is 678. The highest BCUT2D eigenvalue weighted by molar-refractivity contribution is 5.80. The van der Waals surface area contributed by atoms with E-state index in [2.05, 4.69) is 4.98 Å². The van der Waals surface area contributed by atoms with E-state index in [1.807, 2.05) is 0 Å². The number of aromatic amines is 1. The molecule has 8 nitrogen and oxygen atoms in total. The quantitative estimate of drug-likeness (QED) is 0.623. The number of nitrogens with zero attached hydrogens (tertiary/aromatic N) is 1. The van der Waals surface area contributed by atoms with Gasteiger partial charge in [0.15, 0.2) is 5.72 Å². The SMILES string of the molecule is CC(=O)C1[C@H](O)[C@@H](CO)O[C@@]1(C)n1cc(C)c(=O)[nH]c1=O. The molecule has 2 heterocycles. The van der Waals surface area contributed by atoms with Crippen LogP contribution in [0.5, 0.6) is 0 Å². The molecular formula is C13H18N2O6. The Balaban J connectivity index is 2.64. The van der Waals surface area contributed by atoms with Gasteiger partial charge in [-0.3, -0.25) is 19.1 Å². The van der Waals surface area contributed by atoms with E-state index in [-0.39, 0.29) is 11.3 Å². The van der Waals surface area contributed by atoms with Crippen LogP contribution in [0.3, 0.4) is 0 Å². The predicted molar refractivity (Wildman–Crippen MR) is 71.8 cm³/mol. The van der Waals surface area contributed by atoms with E-state index >= 15 is 0 Å². The first-order valence-corrected chi connectivity index (χ1v) is 6.52. The summed E-state index contributed by atoms with van der Waals surface area (Å²) < 4.78 is 6.64. The maximum atomic E-state index is 12.0. The molecule has 1 saturated heterocycles. The second-order valence-corrected chi connectivity index (χ2v) is 5.41. The first-order valence-electron chi connectivity index (χ1n) is 6.52. The van der Waals surface area contributed by atoms with Crippen LogP contribution in [-0.2, 0) is 15.3 Å². The van der Waals surface area contributed by atoms with E-state index in [0.717, 1.165) is 4.57 Å². The van der Waals surface area contributed by atoms with Crippen molar-refractivity contribution in [3.8, 4) is 0 Å². The Hall–Kier alpha value is -1.77. The van der Waals surface area contributed by atoms with E-state index in [0.29, 0.717) is 0 Å². The summed E-state index contributed by atoms with van der Waals surface area (Å²) in [5, 5.41) is 19.4. The lowest BCUT2D eigenvalue weighted by Gasteiger charge is -2.31. The molecule has 2 rings (SSSR count).